The van der Waals surface area contributed by atoms with Crippen molar-refractivity contribution < 1.29 is 8.78 Å². The van der Waals surface area contributed by atoms with E-state index in [2.05, 4.69) is 0 Å². The van der Waals surface area contributed by atoms with Crippen molar-refractivity contribution in [3.63, 3.8) is 0 Å². The molecule has 3 heteroatoms. The third-order valence-corrected chi connectivity index (χ3v) is 2.48. The molecule has 0 saturated carbocycles. The summed E-state index contributed by atoms with van der Waals surface area (Å²) in [4.78, 5) is 0. The van der Waals surface area contributed by atoms with Crippen molar-refractivity contribution in [2.45, 2.75) is 6.42 Å². The molecule has 1 nitrogen and oxygen atoms in total. The summed E-state index contributed by atoms with van der Waals surface area (Å²) in [6, 6.07) is 12.2. The molecule has 0 unspecified atom stereocenters. The Labute approximate surface area is 97.9 Å². The van der Waals surface area contributed by atoms with Crippen LogP contribution in [-0.4, -0.2) is 0 Å². The largest absolute Gasteiger partial charge is 0.207 e. The van der Waals surface area contributed by atoms with E-state index in [1.165, 1.54) is 24.3 Å². The number of benzene rings is 2. The number of hydrogen-bond donors (Lipinski definition) is 0. The summed E-state index contributed by atoms with van der Waals surface area (Å²) in [6.45, 7) is 0. The molecule has 84 valence electrons. The molecule has 0 bridgehead atoms. The summed E-state index contributed by atoms with van der Waals surface area (Å²) < 4.78 is 26.9. The molecule has 0 aromatic heterocycles. The van der Waals surface area contributed by atoms with Crippen LogP contribution >= 0.6 is 0 Å². The summed E-state index contributed by atoms with van der Waals surface area (Å²) in [5, 5.41) is 8.69. The first-order chi connectivity index (χ1) is 8.22. The first-order valence-corrected chi connectivity index (χ1v) is 5.12. The maximum atomic E-state index is 13.8. The van der Waals surface area contributed by atoms with E-state index in [0.717, 1.165) is 0 Å². The van der Waals surface area contributed by atoms with E-state index in [4.69, 9.17) is 5.26 Å². The first kappa shape index (κ1) is 11.3. The van der Waals surface area contributed by atoms with Crippen LogP contribution in [-0.2, 0) is 6.42 Å². The SMILES string of the molecule is N#CCc1cccc(F)c1-c1cccc(F)c1. The maximum absolute atomic E-state index is 13.8. The van der Waals surface area contributed by atoms with Crippen LogP contribution in [0.2, 0.25) is 0 Å². The van der Waals surface area contributed by atoms with Gasteiger partial charge in [-0.25, -0.2) is 8.78 Å². The lowest BCUT2D eigenvalue weighted by atomic mass is 9.97. The minimum atomic E-state index is -0.441. The zero-order valence-corrected chi connectivity index (χ0v) is 8.95. The number of hydrogen-bond acceptors (Lipinski definition) is 1. The fourth-order valence-corrected chi connectivity index (χ4v) is 1.77. The molecule has 0 fully saturated rings. The van der Waals surface area contributed by atoms with Gasteiger partial charge < -0.3 is 0 Å². The van der Waals surface area contributed by atoms with Gasteiger partial charge in [0.1, 0.15) is 11.6 Å². The van der Waals surface area contributed by atoms with E-state index in [1.54, 1.807) is 18.2 Å². The van der Waals surface area contributed by atoms with Crippen molar-refractivity contribution >= 4 is 0 Å². The highest BCUT2D eigenvalue weighted by molar-refractivity contribution is 5.68. The molecule has 0 aliphatic rings. The van der Waals surface area contributed by atoms with Crippen molar-refractivity contribution in [2.75, 3.05) is 0 Å². The second-order valence-corrected chi connectivity index (χ2v) is 3.62. The molecule has 2 rings (SSSR count). The van der Waals surface area contributed by atoms with Crippen LogP contribution in [0.1, 0.15) is 5.56 Å². The molecule has 0 amide bonds. The van der Waals surface area contributed by atoms with Crippen molar-refractivity contribution in [1.82, 2.24) is 0 Å². The van der Waals surface area contributed by atoms with E-state index in [9.17, 15) is 8.78 Å². The number of halogens is 2. The zero-order valence-electron chi connectivity index (χ0n) is 8.95. The van der Waals surface area contributed by atoms with Gasteiger partial charge in [-0.05, 0) is 29.3 Å². The molecule has 0 atom stereocenters. The first-order valence-electron chi connectivity index (χ1n) is 5.12. The Hall–Kier alpha value is -2.21. The van der Waals surface area contributed by atoms with E-state index in [0.29, 0.717) is 16.7 Å². The Morgan fingerprint density at radius 3 is 2.53 bits per heavy atom. The van der Waals surface area contributed by atoms with Gasteiger partial charge in [0.25, 0.3) is 0 Å². The molecule has 2 aromatic carbocycles. The van der Waals surface area contributed by atoms with E-state index in [-0.39, 0.29) is 6.42 Å². The normalized spacial score (nSPS) is 9.94. The average Bonchev–Trinajstić information content (AvgIpc) is 2.29. The van der Waals surface area contributed by atoms with Gasteiger partial charge in [0.05, 0.1) is 12.5 Å². The van der Waals surface area contributed by atoms with Crippen molar-refractivity contribution in [2.24, 2.45) is 0 Å². The number of nitriles is 1. The van der Waals surface area contributed by atoms with E-state index in [1.807, 2.05) is 6.07 Å². The third-order valence-electron chi connectivity index (χ3n) is 2.48. The molecule has 2 aromatic rings. The Morgan fingerprint density at radius 2 is 1.82 bits per heavy atom. The number of rotatable bonds is 2. The molecule has 0 heterocycles. The topological polar surface area (TPSA) is 23.8 Å². The Morgan fingerprint density at radius 1 is 1.06 bits per heavy atom. The quantitative estimate of drug-likeness (QED) is 0.770. The maximum Gasteiger partial charge on any atom is 0.131 e. The lowest BCUT2D eigenvalue weighted by molar-refractivity contribution is 0.624. The van der Waals surface area contributed by atoms with Gasteiger partial charge >= 0.3 is 0 Å². The minimum absolute atomic E-state index is 0.101. The standard InChI is InChI=1S/C14H9F2N/c15-12-5-1-4-11(9-12)14-10(7-8-17)3-2-6-13(14)16/h1-6,9H,7H2. The molecular weight excluding hydrogens is 220 g/mol. The molecule has 0 N–H and O–H groups in total. The minimum Gasteiger partial charge on any atom is -0.207 e. The highest BCUT2D eigenvalue weighted by Gasteiger charge is 2.10. The third kappa shape index (κ3) is 2.31. The Balaban J connectivity index is 2.62. The van der Waals surface area contributed by atoms with Gasteiger partial charge in [0.15, 0.2) is 0 Å². The van der Waals surface area contributed by atoms with Gasteiger partial charge in [-0.1, -0.05) is 24.3 Å². The predicted molar refractivity (Wildman–Crippen MR) is 61.1 cm³/mol. The second kappa shape index (κ2) is 4.75. The monoisotopic (exact) mass is 229 g/mol. The molecule has 0 spiro atoms. The molecule has 0 saturated heterocycles. The highest BCUT2D eigenvalue weighted by atomic mass is 19.1. The molecule has 0 aliphatic heterocycles. The van der Waals surface area contributed by atoms with E-state index < -0.39 is 11.6 Å². The molecule has 0 aliphatic carbocycles. The van der Waals surface area contributed by atoms with Gasteiger partial charge in [-0.15, -0.1) is 0 Å². The van der Waals surface area contributed by atoms with Crippen LogP contribution in [0.4, 0.5) is 8.78 Å². The molecule has 17 heavy (non-hydrogen) atoms. The van der Waals surface area contributed by atoms with Crippen LogP contribution < -0.4 is 0 Å². The van der Waals surface area contributed by atoms with Crippen molar-refractivity contribution in [1.29, 1.82) is 5.26 Å². The summed E-state index contributed by atoms with van der Waals surface area (Å²) in [5.74, 6) is -0.864. The zero-order chi connectivity index (χ0) is 12.3. The van der Waals surface area contributed by atoms with Crippen molar-refractivity contribution in [3.05, 3.63) is 59.7 Å². The average molecular weight is 229 g/mol. The van der Waals surface area contributed by atoms with Crippen LogP contribution in [0, 0.1) is 23.0 Å². The Kier molecular flexibility index (Phi) is 3.15. The molecule has 0 radical (unpaired) electrons. The van der Waals surface area contributed by atoms with Gasteiger partial charge in [-0.2, -0.15) is 5.26 Å². The lowest BCUT2D eigenvalue weighted by Gasteiger charge is -2.08. The summed E-state index contributed by atoms with van der Waals surface area (Å²) in [5.41, 5.74) is 1.32. The fraction of sp³-hybridized carbons (Fsp3) is 0.0714. The smallest absolute Gasteiger partial charge is 0.131 e. The molecular formula is C14H9F2N. The van der Waals surface area contributed by atoms with Crippen LogP contribution in [0.3, 0.4) is 0 Å². The highest BCUT2D eigenvalue weighted by Crippen LogP contribution is 2.27. The van der Waals surface area contributed by atoms with Gasteiger partial charge in [0.2, 0.25) is 0 Å². The number of nitrogens with zero attached hydrogens (tertiary/aromatic N) is 1. The van der Waals surface area contributed by atoms with Crippen molar-refractivity contribution in [3.8, 4) is 17.2 Å². The summed E-state index contributed by atoms with van der Waals surface area (Å²) >= 11 is 0. The summed E-state index contributed by atoms with van der Waals surface area (Å²) in [6.07, 6.45) is 0.101. The van der Waals surface area contributed by atoms with Crippen LogP contribution in [0.15, 0.2) is 42.5 Å². The van der Waals surface area contributed by atoms with Crippen LogP contribution in [0.25, 0.3) is 11.1 Å². The lowest BCUT2D eigenvalue weighted by Crippen LogP contribution is -1.93. The summed E-state index contributed by atoms with van der Waals surface area (Å²) in [7, 11) is 0. The van der Waals surface area contributed by atoms with E-state index >= 15 is 0 Å². The fourth-order valence-electron chi connectivity index (χ4n) is 1.77. The van der Waals surface area contributed by atoms with Gasteiger partial charge in [-0.3, -0.25) is 0 Å². The Bertz CT molecular complexity index is 585. The van der Waals surface area contributed by atoms with Gasteiger partial charge in [0, 0.05) is 5.56 Å². The predicted octanol–water partition coefficient (Wildman–Crippen LogP) is 3.70. The van der Waals surface area contributed by atoms with Crippen LogP contribution in [0.5, 0.6) is 0 Å². The second-order valence-electron chi connectivity index (χ2n) is 3.62.